The largest absolute Gasteiger partial charge is 0.458 e. The minimum absolute atomic E-state index is 0. The van der Waals surface area contributed by atoms with Crippen LogP contribution in [0.5, 0.6) is 0 Å². The standard InChI is InChI=1S/C10H8O4.H2S/c11-9-7-2-1-3-8(6-7)10(12)14-5-4-13-9;/h1-3,6H,4-5H2;1H2. The van der Waals surface area contributed by atoms with Crippen molar-refractivity contribution in [3.8, 4) is 0 Å². The van der Waals surface area contributed by atoms with Crippen molar-refractivity contribution in [1.82, 2.24) is 0 Å². The van der Waals surface area contributed by atoms with Crippen LogP contribution in [0.15, 0.2) is 24.3 Å². The van der Waals surface area contributed by atoms with E-state index in [2.05, 4.69) is 0 Å². The molecule has 4 nitrogen and oxygen atoms in total. The smallest absolute Gasteiger partial charge is 0.338 e. The SMILES string of the molecule is O=C1OCCOC(=O)c2cccc1c2.S. The Morgan fingerprint density at radius 1 is 0.933 bits per heavy atom. The lowest BCUT2D eigenvalue weighted by molar-refractivity contribution is 0.0277. The number of cyclic esters (lactones) is 2. The number of carbonyl (C=O) groups is 2. The van der Waals surface area contributed by atoms with Gasteiger partial charge < -0.3 is 9.47 Å². The maximum absolute atomic E-state index is 11.3. The van der Waals surface area contributed by atoms with Gasteiger partial charge in [0.15, 0.2) is 0 Å². The van der Waals surface area contributed by atoms with Gasteiger partial charge in [0.1, 0.15) is 13.2 Å². The number of esters is 2. The van der Waals surface area contributed by atoms with Crippen molar-refractivity contribution in [2.75, 3.05) is 13.2 Å². The van der Waals surface area contributed by atoms with Gasteiger partial charge in [-0.25, -0.2) is 9.59 Å². The Labute approximate surface area is 93.6 Å². The Hall–Kier alpha value is -1.49. The van der Waals surface area contributed by atoms with E-state index in [4.69, 9.17) is 9.47 Å². The van der Waals surface area contributed by atoms with Crippen molar-refractivity contribution in [2.24, 2.45) is 0 Å². The van der Waals surface area contributed by atoms with Crippen LogP contribution < -0.4 is 0 Å². The van der Waals surface area contributed by atoms with Gasteiger partial charge in [-0.3, -0.25) is 0 Å². The Morgan fingerprint density at radius 2 is 1.40 bits per heavy atom. The molecule has 0 fully saturated rings. The number of rotatable bonds is 0. The van der Waals surface area contributed by atoms with Crippen LogP contribution in [0.4, 0.5) is 0 Å². The van der Waals surface area contributed by atoms with E-state index in [0.717, 1.165) is 0 Å². The number of benzene rings is 1. The molecule has 1 aliphatic rings. The molecule has 2 bridgehead atoms. The van der Waals surface area contributed by atoms with E-state index in [9.17, 15) is 9.59 Å². The summed E-state index contributed by atoms with van der Waals surface area (Å²) in [5, 5.41) is 0. The average molecular weight is 226 g/mol. The number of fused-ring (bicyclic) bond motifs is 2. The van der Waals surface area contributed by atoms with Crippen LogP contribution in [0.1, 0.15) is 20.7 Å². The Morgan fingerprint density at radius 3 is 1.87 bits per heavy atom. The van der Waals surface area contributed by atoms with Gasteiger partial charge >= 0.3 is 11.9 Å². The molecule has 0 N–H and O–H groups in total. The predicted molar refractivity (Wildman–Crippen MR) is 57.4 cm³/mol. The molecule has 0 radical (unpaired) electrons. The molecule has 80 valence electrons. The second-order valence-electron chi connectivity index (χ2n) is 2.85. The molecule has 1 aliphatic heterocycles. The molecule has 0 saturated heterocycles. The highest BCUT2D eigenvalue weighted by Crippen LogP contribution is 2.10. The van der Waals surface area contributed by atoms with Crippen molar-refractivity contribution in [1.29, 1.82) is 0 Å². The monoisotopic (exact) mass is 226 g/mol. The third-order valence-electron chi connectivity index (χ3n) is 1.88. The number of hydrogen-bond acceptors (Lipinski definition) is 4. The van der Waals surface area contributed by atoms with Crippen LogP contribution in [-0.2, 0) is 9.47 Å². The molecule has 0 amide bonds. The van der Waals surface area contributed by atoms with Crippen molar-refractivity contribution in [3.05, 3.63) is 35.4 Å². The highest BCUT2D eigenvalue weighted by atomic mass is 32.1. The molecule has 1 heterocycles. The lowest BCUT2D eigenvalue weighted by Crippen LogP contribution is -2.10. The van der Waals surface area contributed by atoms with Gasteiger partial charge in [0.2, 0.25) is 0 Å². The van der Waals surface area contributed by atoms with Crippen molar-refractivity contribution >= 4 is 25.4 Å². The molecule has 15 heavy (non-hydrogen) atoms. The average Bonchev–Trinajstić information content (AvgIpc) is 2.26. The molecule has 1 aromatic rings. The Bertz CT molecular complexity index is 356. The fraction of sp³-hybridized carbons (Fsp3) is 0.200. The van der Waals surface area contributed by atoms with Crippen LogP contribution in [-0.4, -0.2) is 25.2 Å². The summed E-state index contributed by atoms with van der Waals surface area (Å²) in [7, 11) is 0. The molecule has 2 rings (SSSR count). The summed E-state index contributed by atoms with van der Waals surface area (Å²) in [5.74, 6) is -0.852. The van der Waals surface area contributed by atoms with Crippen LogP contribution in [0.3, 0.4) is 0 Å². The van der Waals surface area contributed by atoms with E-state index in [1.807, 2.05) is 0 Å². The zero-order valence-electron chi connectivity index (χ0n) is 7.86. The molecule has 0 atom stereocenters. The van der Waals surface area contributed by atoms with Gasteiger partial charge in [-0.1, -0.05) is 6.07 Å². The zero-order chi connectivity index (χ0) is 9.97. The molecule has 0 aromatic heterocycles. The topological polar surface area (TPSA) is 52.6 Å². The molecule has 5 heteroatoms. The second kappa shape index (κ2) is 4.84. The summed E-state index contributed by atoms with van der Waals surface area (Å²) in [5.41, 5.74) is 0.753. The van der Waals surface area contributed by atoms with Crippen molar-refractivity contribution in [2.45, 2.75) is 0 Å². The second-order valence-corrected chi connectivity index (χ2v) is 2.85. The van der Waals surface area contributed by atoms with Gasteiger partial charge in [0, 0.05) is 0 Å². The fourth-order valence-electron chi connectivity index (χ4n) is 1.21. The van der Waals surface area contributed by atoms with E-state index < -0.39 is 11.9 Å². The molecule has 0 spiro atoms. The minimum atomic E-state index is -0.426. The summed E-state index contributed by atoms with van der Waals surface area (Å²) >= 11 is 0. The van der Waals surface area contributed by atoms with E-state index in [1.165, 1.54) is 6.07 Å². The lowest BCUT2D eigenvalue weighted by Gasteiger charge is -2.01. The first kappa shape index (κ1) is 11.6. The first-order chi connectivity index (χ1) is 6.77. The Kier molecular flexibility index (Phi) is 3.74. The minimum Gasteiger partial charge on any atom is -0.458 e. The van der Waals surface area contributed by atoms with Gasteiger partial charge in [-0.05, 0) is 18.2 Å². The molecule has 0 saturated carbocycles. The van der Waals surface area contributed by atoms with Crippen LogP contribution in [0.2, 0.25) is 0 Å². The van der Waals surface area contributed by atoms with Crippen LogP contribution in [0.25, 0.3) is 0 Å². The highest BCUT2D eigenvalue weighted by molar-refractivity contribution is 7.59. The van der Waals surface area contributed by atoms with Crippen LogP contribution >= 0.6 is 13.5 Å². The van der Waals surface area contributed by atoms with Crippen molar-refractivity contribution < 1.29 is 19.1 Å². The highest BCUT2D eigenvalue weighted by Gasteiger charge is 2.14. The fourth-order valence-corrected chi connectivity index (χ4v) is 1.21. The van der Waals surface area contributed by atoms with Gasteiger partial charge in [-0.2, -0.15) is 13.5 Å². The van der Waals surface area contributed by atoms with Crippen LogP contribution in [0, 0.1) is 0 Å². The molecular formula is C10H10O4S. The number of ether oxygens (including phenoxy) is 2. The summed E-state index contributed by atoms with van der Waals surface area (Å²) in [6.07, 6.45) is 0. The van der Waals surface area contributed by atoms with E-state index in [1.54, 1.807) is 18.2 Å². The number of carbonyl (C=O) groups excluding carboxylic acids is 2. The summed E-state index contributed by atoms with van der Waals surface area (Å²) in [4.78, 5) is 22.6. The first-order valence-electron chi connectivity index (χ1n) is 4.22. The van der Waals surface area contributed by atoms with Gasteiger partial charge in [0.25, 0.3) is 0 Å². The third-order valence-corrected chi connectivity index (χ3v) is 1.88. The molecular weight excluding hydrogens is 216 g/mol. The normalized spacial score (nSPS) is 14.9. The van der Waals surface area contributed by atoms with Gasteiger partial charge in [0.05, 0.1) is 11.1 Å². The first-order valence-corrected chi connectivity index (χ1v) is 4.22. The van der Waals surface area contributed by atoms with E-state index in [-0.39, 0.29) is 26.7 Å². The Balaban J connectivity index is 0.00000112. The van der Waals surface area contributed by atoms with Gasteiger partial charge in [-0.15, -0.1) is 0 Å². The number of hydrogen-bond donors (Lipinski definition) is 0. The van der Waals surface area contributed by atoms with E-state index >= 15 is 0 Å². The third kappa shape index (κ3) is 2.50. The summed E-state index contributed by atoms with van der Waals surface area (Å²) < 4.78 is 9.67. The van der Waals surface area contributed by atoms with E-state index in [0.29, 0.717) is 11.1 Å². The quantitative estimate of drug-likeness (QED) is 0.622. The summed E-state index contributed by atoms with van der Waals surface area (Å²) in [6, 6.07) is 6.30. The summed E-state index contributed by atoms with van der Waals surface area (Å²) in [6.45, 7) is 0.200. The predicted octanol–water partition coefficient (Wildman–Crippen LogP) is 1.13. The maximum Gasteiger partial charge on any atom is 0.338 e. The maximum atomic E-state index is 11.3. The van der Waals surface area contributed by atoms with Crippen molar-refractivity contribution in [3.63, 3.8) is 0 Å². The lowest BCUT2D eigenvalue weighted by atomic mass is 10.1. The zero-order valence-corrected chi connectivity index (χ0v) is 8.86. The molecule has 0 aliphatic carbocycles. The molecule has 0 unspecified atom stereocenters. The molecule has 1 aromatic carbocycles.